The van der Waals surface area contributed by atoms with Crippen LogP contribution >= 0.6 is 0 Å². The van der Waals surface area contributed by atoms with Gasteiger partial charge in [0, 0.05) is 43.5 Å². The zero-order chi connectivity index (χ0) is 18.4. The number of carbonyl (C=O) groups excluding carboxylic acids is 2. The fourth-order valence-corrected chi connectivity index (χ4v) is 3.02. The predicted octanol–water partition coefficient (Wildman–Crippen LogP) is 1.79. The van der Waals surface area contributed by atoms with E-state index in [9.17, 15) is 9.59 Å². The van der Waals surface area contributed by atoms with E-state index in [0.717, 1.165) is 38.4 Å². The van der Waals surface area contributed by atoms with Crippen molar-refractivity contribution in [2.45, 2.75) is 13.5 Å². The molecule has 0 unspecified atom stereocenters. The fourth-order valence-electron chi connectivity index (χ4n) is 3.02. The summed E-state index contributed by atoms with van der Waals surface area (Å²) in [5.41, 5.74) is 1.83. The lowest BCUT2D eigenvalue weighted by Gasteiger charge is -2.34. The number of hydrogen-bond donors (Lipinski definition) is 1. The molecule has 3 rings (SSSR count). The number of piperazine rings is 1. The van der Waals surface area contributed by atoms with Gasteiger partial charge < -0.3 is 15.1 Å². The van der Waals surface area contributed by atoms with Crippen molar-refractivity contribution in [2.24, 2.45) is 0 Å². The van der Waals surface area contributed by atoms with E-state index in [0.29, 0.717) is 17.7 Å². The zero-order valence-corrected chi connectivity index (χ0v) is 15.0. The third-order valence-electron chi connectivity index (χ3n) is 4.63. The van der Waals surface area contributed by atoms with E-state index in [4.69, 9.17) is 0 Å². The van der Waals surface area contributed by atoms with E-state index in [1.165, 1.54) is 0 Å². The Morgan fingerprint density at radius 1 is 1.04 bits per heavy atom. The first kappa shape index (κ1) is 18.1. The molecular weight excluding hydrogens is 328 g/mol. The number of likely N-dealkylation sites (N-methyl/N-ethyl adjacent to an activating group) is 1. The molecule has 26 heavy (non-hydrogen) atoms. The van der Waals surface area contributed by atoms with Gasteiger partial charge in [0.1, 0.15) is 0 Å². The van der Waals surface area contributed by atoms with Crippen LogP contribution in [0.3, 0.4) is 0 Å². The number of hydrogen-bond acceptors (Lipinski definition) is 4. The van der Waals surface area contributed by atoms with Crippen LogP contribution in [0.5, 0.6) is 0 Å². The van der Waals surface area contributed by atoms with Gasteiger partial charge >= 0.3 is 0 Å². The van der Waals surface area contributed by atoms with E-state index in [1.54, 1.807) is 30.5 Å². The van der Waals surface area contributed by atoms with E-state index in [2.05, 4.69) is 22.1 Å². The Kier molecular flexibility index (Phi) is 5.96. The minimum Gasteiger partial charge on any atom is -0.346 e. The van der Waals surface area contributed by atoms with Gasteiger partial charge in [0.25, 0.3) is 11.8 Å². The van der Waals surface area contributed by atoms with Crippen LogP contribution in [0.4, 0.5) is 0 Å². The lowest BCUT2D eigenvalue weighted by atomic mass is 10.1. The molecule has 0 bridgehead atoms. The molecule has 0 aliphatic carbocycles. The SMILES string of the molecule is CCN1CCN(C(=O)c2cccc(C(=O)NCc3ccccn3)c2)CC1. The van der Waals surface area contributed by atoms with Crippen molar-refractivity contribution in [2.75, 3.05) is 32.7 Å². The van der Waals surface area contributed by atoms with Gasteiger partial charge in [-0.1, -0.05) is 19.1 Å². The fraction of sp³-hybridized carbons (Fsp3) is 0.350. The third kappa shape index (κ3) is 4.46. The first-order valence-electron chi connectivity index (χ1n) is 8.97. The molecule has 2 aromatic rings. The Morgan fingerprint density at radius 3 is 2.50 bits per heavy atom. The number of amides is 2. The highest BCUT2D eigenvalue weighted by Gasteiger charge is 2.21. The quantitative estimate of drug-likeness (QED) is 0.891. The average molecular weight is 352 g/mol. The van der Waals surface area contributed by atoms with Gasteiger partial charge in [-0.25, -0.2) is 0 Å². The Balaban J connectivity index is 1.62. The van der Waals surface area contributed by atoms with Crippen LogP contribution in [0.25, 0.3) is 0 Å². The van der Waals surface area contributed by atoms with Gasteiger partial charge in [-0.15, -0.1) is 0 Å². The van der Waals surface area contributed by atoms with E-state index in [-0.39, 0.29) is 11.8 Å². The van der Waals surface area contributed by atoms with Crippen molar-refractivity contribution in [3.63, 3.8) is 0 Å². The third-order valence-corrected chi connectivity index (χ3v) is 4.63. The summed E-state index contributed by atoms with van der Waals surface area (Å²) >= 11 is 0. The Hall–Kier alpha value is -2.73. The van der Waals surface area contributed by atoms with Crippen LogP contribution in [0.15, 0.2) is 48.7 Å². The van der Waals surface area contributed by atoms with Crippen LogP contribution in [-0.2, 0) is 6.54 Å². The summed E-state index contributed by atoms with van der Waals surface area (Å²) in [7, 11) is 0. The molecule has 1 aliphatic rings. The van der Waals surface area contributed by atoms with Crippen molar-refractivity contribution < 1.29 is 9.59 Å². The zero-order valence-electron chi connectivity index (χ0n) is 15.0. The molecule has 0 spiro atoms. The molecule has 2 heterocycles. The number of pyridine rings is 1. The summed E-state index contributed by atoms with van der Waals surface area (Å²) in [6.45, 7) is 6.74. The maximum Gasteiger partial charge on any atom is 0.253 e. The highest BCUT2D eigenvalue weighted by atomic mass is 16.2. The summed E-state index contributed by atoms with van der Waals surface area (Å²) in [6.07, 6.45) is 1.69. The Morgan fingerprint density at radius 2 is 1.81 bits per heavy atom. The molecule has 1 aliphatic heterocycles. The molecule has 1 fully saturated rings. The largest absolute Gasteiger partial charge is 0.346 e. The van der Waals surface area contributed by atoms with Gasteiger partial charge in [-0.2, -0.15) is 0 Å². The lowest BCUT2D eigenvalue weighted by molar-refractivity contribution is 0.0643. The number of rotatable bonds is 5. The highest BCUT2D eigenvalue weighted by molar-refractivity contribution is 5.99. The summed E-state index contributed by atoms with van der Waals surface area (Å²) < 4.78 is 0. The molecule has 0 atom stereocenters. The Bertz CT molecular complexity index is 755. The first-order valence-corrected chi connectivity index (χ1v) is 8.97. The van der Waals surface area contributed by atoms with Gasteiger partial charge in [0.05, 0.1) is 12.2 Å². The second-order valence-electron chi connectivity index (χ2n) is 6.31. The second kappa shape index (κ2) is 8.58. The number of aromatic nitrogens is 1. The smallest absolute Gasteiger partial charge is 0.253 e. The lowest BCUT2D eigenvalue weighted by Crippen LogP contribution is -2.48. The number of benzene rings is 1. The predicted molar refractivity (Wildman–Crippen MR) is 99.9 cm³/mol. The molecule has 0 saturated carbocycles. The molecule has 1 aromatic carbocycles. The van der Waals surface area contributed by atoms with Crippen molar-refractivity contribution in [1.82, 2.24) is 20.1 Å². The van der Waals surface area contributed by atoms with Crippen LogP contribution in [0.1, 0.15) is 33.3 Å². The minimum absolute atomic E-state index is 0.0138. The molecular formula is C20H24N4O2. The summed E-state index contributed by atoms with van der Waals surface area (Å²) in [5, 5.41) is 2.84. The molecule has 2 amide bonds. The number of nitrogens with zero attached hydrogens (tertiary/aromatic N) is 3. The van der Waals surface area contributed by atoms with Crippen LogP contribution in [-0.4, -0.2) is 59.3 Å². The summed E-state index contributed by atoms with van der Waals surface area (Å²) in [4.78, 5) is 33.5. The highest BCUT2D eigenvalue weighted by Crippen LogP contribution is 2.11. The molecule has 1 N–H and O–H groups in total. The van der Waals surface area contributed by atoms with Crippen molar-refractivity contribution in [3.8, 4) is 0 Å². The monoisotopic (exact) mass is 352 g/mol. The normalized spacial score (nSPS) is 14.9. The first-order chi connectivity index (χ1) is 12.7. The Labute approximate surface area is 153 Å². The average Bonchev–Trinajstić information content (AvgIpc) is 2.72. The van der Waals surface area contributed by atoms with E-state index in [1.807, 2.05) is 23.1 Å². The second-order valence-corrected chi connectivity index (χ2v) is 6.31. The van der Waals surface area contributed by atoms with Crippen molar-refractivity contribution in [1.29, 1.82) is 0 Å². The molecule has 136 valence electrons. The maximum absolute atomic E-state index is 12.7. The maximum atomic E-state index is 12.7. The molecule has 6 nitrogen and oxygen atoms in total. The minimum atomic E-state index is -0.207. The van der Waals surface area contributed by atoms with Gasteiger partial charge in [0.2, 0.25) is 0 Å². The van der Waals surface area contributed by atoms with Crippen molar-refractivity contribution in [3.05, 3.63) is 65.5 Å². The topological polar surface area (TPSA) is 65.5 Å². The van der Waals surface area contributed by atoms with Gasteiger partial charge in [0.15, 0.2) is 0 Å². The van der Waals surface area contributed by atoms with Crippen LogP contribution in [0.2, 0.25) is 0 Å². The van der Waals surface area contributed by atoms with Crippen LogP contribution < -0.4 is 5.32 Å². The van der Waals surface area contributed by atoms with Gasteiger partial charge in [-0.05, 0) is 36.9 Å². The number of nitrogens with one attached hydrogen (secondary N) is 1. The summed E-state index contributed by atoms with van der Waals surface area (Å²) in [6, 6.07) is 12.5. The van der Waals surface area contributed by atoms with Gasteiger partial charge in [-0.3, -0.25) is 14.6 Å². The van der Waals surface area contributed by atoms with E-state index < -0.39 is 0 Å². The molecule has 0 radical (unpaired) electrons. The van der Waals surface area contributed by atoms with Crippen LogP contribution in [0, 0.1) is 0 Å². The molecule has 1 aromatic heterocycles. The standard InChI is InChI=1S/C20H24N4O2/c1-2-23-10-12-24(13-11-23)20(26)17-7-5-6-16(14-17)19(25)22-15-18-8-3-4-9-21-18/h3-9,14H,2,10-13,15H2,1H3,(H,22,25). The molecule has 1 saturated heterocycles. The van der Waals surface area contributed by atoms with Crippen molar-refractivity contribution >= 4 is 11.8 Å². The number of carbonyl (C=O) groups is 2. The summed E-state index contributed by atoms with van der Waals surface area (Å²) in [5.74, 6) is -0.221. The van der Waals surface area contributed by atoms with E-state index >= 15 is 0 Å². The molecule has 6 heteroatoms.